The quantitative estimate of drug-likeness (QED) is 0.0204. The van der Waals surface area contributed by atoms with E-state index in [0.29, 0.717) is 6.42 Å². The minimum absolute atomic E-state index is 0.234. The number of carbonyl (C=O) groups is 1. The lowest BCUT2D eigenvalue weighted by Crippen LogP contribution is -2.65. The minimum atomic E-state index is -1.79. The van der Waals surface area contributed by atoms with Crippen LogP contribution in [-0.4, -0.2) is 140 Å². The van der Waals surface area contributed by atoms with Gasteiger partial charge in [0, 0.05) is 6.42 Å². The number of amides is 1. The molecule has 2 saturated heterocycles. The molecule has 12 atom stereocenters. The minimum Gasteiger partial charge on any atom is -0.394 e. The first-order valence-corrected chi connectivity index (χ1v) is 33.6. The van der Waals surface area contributed by atoms with Gasteiger partial charge in [-0.1, -0.05) is 269 Å². The van der Waals surface area contributed by atoms with E-state index in [1.807, 2.05) is 6.08 Å². The van der Waals surface area contributed by atoms with Crippen molar-refractivity contribution in [2.24, 2.45) is 0 Å². The summed E-state index contributed by atoms with van der Waals surface area (Å²) in [6.45, 7) is 2.83. The van der Waals surface area contributed by atoms with Crippen LogP contribution in [0.3, 0.4) is 0 Å². The molecule has 9 N–H and O–H groups in total. The molecule has 0 bridgehead atoms. The van der Waals surface area contributed by atoms with Gasteiger partial charge >= 0.3 is 0 Å². The second-order valence-electron chi connectivity index (χ2n) is 24.0. The van der Waals surface area contributed by atoms with E-state index < -0.39 is 86.8 Å². The molecule has 0 saturated carbocycles. The maximum atomic E-state index is 13.3. The molecule has 80 heavy (non-hydrogen) atoms. The van der Waals surface area contributed by atoms with Crippen molar-refractivity contribution in [3.05, 3.63) is 24.3 Å². The van der Waals surface area contributed by atoms with Gasteiger partial charge in [-0.3, -0.25) is 4.79 Å². The summed E-state index contributed by atoms with van der Waals surface area (Å²) in [5.41, 5.74) is 0. The molecule has 0 aromatic heterocycles. The van der Waals surface area contributed by atoms with Crippen LogP contribution in [0.1, 0.15) is 296 Å². The van der Waals surface area contributed by atoms with Crippen molar-refractivity contribution in [3.8, 4) is 0 Å². The summed E-state index contributed by atoms with van der Waals surface area (Å²) in [4.78, 5) is 13.3. The van der Waals surface area contributed by atoms with E-state index in [1.54, 1.807) is 6.08 Å². The van der Waals surface area contributed by atoms with Crippen molar-refractivity contribution >= 4 is 5.91 Å². The Morgan fingerprint density at radius 3 is 1.19 bits per heavy atom. The Morgan fingerprint density at radius 2 is 0.787 bits per heavy atom. The maximum Gasteiger partial charge on any atom is 0.220 e. The van der Waals surface area contributed by atoms with Gasteiger partial charge in [0.2, 0.25) is 5.91 Å². The summed E-state index contributed by atoms with van der Waals surface area (Å²) in [6.07, 6.45) is 46.7. The summed E-state index contributed by atoms with van der Waals surface area (Å²) in [6, 6.07) is -0.911. The van der Waals surface area contributed by atoms with Gasteiger partial charge in [-0.25, -0.2) is 0 Å². The number of ether oxygens (including phenoxy) is 4. The van der Waals surface area contributed by atoms with E-state index in [1.165, 1.54) is 231 Å². The molecular formula is C66H125NO13. The molecule has 2 aliphatic rings. The van der Waals surface area contributed by atoms with E-state index in [-0.39, 0.29) is 18.9 Å². The maximum absolute atomic E-state index is 13.3. The van der Waals surface area contributed by atoms with Crippen molar-refractivity contribution in [1.82, 2.24) is 5.32 Å². The highest BCUT2D eigenvalue weighted by Crippen LogP contribution is 2.30. The smallest absolute Gasteiger partial charge is 0.220 e. The van der Waals surface area contributed by atoms with Gasteiger partial charge in [-0.2, -0.15) is 0 Å². The lowest BCUT2D eigenvalue weighted by Gasteiger charge is -2.46. The van der Waals surface area contributed by atoms with E-state index in [9.17, 15) is 45.6 Å². The first-order chi connectivity index (χ1) is 39.1. The van der Waals surface area contributed by atoms with Crippen molar-refractivity contribution in [3.63, 3.8) is 0 Å². The molecule has 0 aromatic carbocycles. The molecule has 14 nitrogen and oxygen atoms in total. The zero-order valence-corrected chi connectivity index (χ0v) is 51.1. The highest BCUT2D eigenvalue weighted by Gasteiger charge is 2.51. The topological polar surface area (TPSA) is 228 Å². The van der Waals surface area contributed by atoms with E-state index >= 15 is 0 Å². The summed E-state index contributed by atoms with van der Waals surface area (Å²) < 4.78 is 22.8. The lowest BCUT2D eigenvalue weighted by atomic mass is 9.97. The van der Waals surface area contributed by atoms with Gasteiger partial charge < -0.3 is 65.1 Å². The molecule has 2 heterocycles. The molecule has 472 valence electrons. The Morgan fingerprint density at radius 1 is 0.438 bits per heavy atom. The van der Waals surface area contributed by atoms with Gasteiger partial charge in [0.05, 0.1) is 32.0 Å². The SMILES string of the molecule is CCCCCCCCCC/C=C\CCCCCCCCCCCCCCCCCCCCCC(=O)NC(COC1OC(CO)C(OC2OC(CO)C(O)C(O)C2O)C(O)C1O)C(O)/C=C/CCCCCCCCCCCCCCC. The van der Waals surface area contributed by atoms with Gasteiger partial charge in [0.15, 0.2) is 12.6 Å². The first-order valence-electron chi connectivity index (χ1n) is 33.6. The fourth-order valence-electron chi connectivity index (χ4n) is 11.2. The van der Waals surface area contributed by atoms with Gasteiger partial charge in [-0.15, -0.1) is 0 Å². The van der Waals surface area contributed by atoms with Crippen molar-refractivity contribution in [2.45, 2.75) is 370 Å². The number of unbranched alkanes of at least 4 members (excludes halogenated alkanes) is 40. The van der Waals surface area contributed by atoms with Crippen molar-refractivity contribution < 1.29 is 64.6 Å². The Hall–Kier alpha value is -1.53. The third-order valence-electron chi connectivity index (χ3n) is 16.6. The average molecular weight is 1140 g/mol. The number of allylic oxidation sites excluding steroid dienone is 3. The predicted octanol–water partition coefficient (Wildman–Crippen LogP) is 12.8. The zero-order valence-electron chi connectivity index (χ0n) is 51.1. The Balaban J connectivity index is 1.64. The fourth-order valence-corrected chi connectivity index (χ4v) is 11.2. The van der Waals surface area contributed by atoms with Crippen LogP contribution in [0.4, 0.5) is 0 Å². The van der Waals surface area contributed by atoms with Gasteiger partial charge in [0.1, 0.15) is 48.8 Å². The van der Waals surface area contributed by atoms with Crippen LogP contribution in [0.5, 0.6) is 0 Å². The van der Waals surface area contributed by atoms with Crippen LogP contribution in [0.25, 0.3) is 0 Å². The average Bonchev–Trinajstić information content (AvgIpc) is 3.46. The number of aliphatic hydroxyl groups excluding tert-OH is 8. The Kier molecular flexibility index (Phi) is 48.3. The second-order valence-corrected chi connectivity index (χ2v) is 24.0. The highest BCUT2D eigenvalue weighted by molar-refractivity contribution is 5.76. The lowest BCUT2D eigenvalue weighted by molar-refractivity contribution is -0.359. The number of hydrogen-bond acceptors (Lipinski definition) is 13. The van der Waals surface area contributed by atoms with Crippen LogP contribution in [0.15, 0.2) is 24.3 Å². The van der Waals surface area contributed by atoms with Gasteiger partial charge in [0.25, 0.3) is 0 Å². The predicted molar refractivity (Wildman–Crippen MR) is 323 cm³/mol. The summed E-state index contributed by atoms with van der Waals surface area (Å²) in [5.74, 6) is -0.234. The monoisotopic (exact) mass is 1140 g/mol. The highest BCUT2D eigenvalue weighted by atomic mass is 16.7. The molecule has 0 radical (unpaired) electrons. The standard InChI is InChI=1S/C66H125NO13/c1-3-5-7-9-11-13-15-17-19-20-21-22-23-24-25-26-27-28-29-30-31-32-33-34-36-38-40-42-44-46-48-50-58(71)67-54(55(70)49-47-45-43-41-39-37-35-18-16-14-12-10-8-6-4-2)53-77-65-63(76)61(74)64(57(52-69)79-65)80-66-62(75)60(73)59(72)56(51-68)78-66/h20-21,47,49,54-57,59-66,68-70,72-76H,3-19,22-46,48,50-53H2,1-2H3,(H,67,71)/b21-20-,49-47+. The third-order valence-corrected chi connectivity index (χ3v) is 16.6. The summed E-state index contributed by atoms with van der Waals surface area (Å²) in [7, 11) is 0. The van der Waals surface area contributed by atoms with Crippen molar-refractivity contribution in [2.75, 3.05) is 19.8 Å². The molecule has 0 aromatic rings. The molecule has 1 amide bonds. The molecule has 0 aliphatic carbocycles. The Bertz CT molecular complexity index is 1440. The van der Waals surface area contributed by atoms with E-state index in [0.717, 1.165) is 38.5 Å². The number of carbonyl (C=O) groups excluding carboxylic acids is 1. The first kappa shape index (κ1) is 74.6. The van der Waals surface area contributed by atoms with Gasteiger partial charge in [-0.05, 0) is 44.9 Å². The Labute approximate surface area is 488 Å². The zero-order chi connectivity index (χ0) is 58.1. The number of nitrogens with one attached hydrogen (secondary N) is 1. The normalized spacial score (nSPS) is 24.3. The van der Waals surface area contributed by atoms with Crippen LogP contribution in [0, 0.1) is 0 Å². The van der Waals surface area contributed by atoms with E-state index in [4.69, 9.17) is 18.9 Å². The molecule has 0 spiro atoms. The molecule has 2 fully saturated rings. The third kappa shape index (κ3) is 36.3. The molecular weight excluding hydrogens is 1010 g/mol. The number of hydrogen-bond donors (Lipinski definition) is 9. The van der Waals surface area contributed by atoms with E-state index in [2.05, 4.69) is 31.3 Å². The molecule has 2 aliphatic heterocycles. The van der Waals surface area contributed by atoms with Crippen LogP contribution < -0.4 is 5.32 Å². The summed E-state index contributed by atoms with van der Waals surface area (Å²) in [5, 5.41) is 87.2. The van der Waals surface area contributed by atoms with Crippen LogP contribution >= 0.6 is 0 Å². The number of rotatable bonds is 55. The summed E-state index contributed by atoms with van der Waals surface area (Å²) >= 11 is 0. The molecule has 12 unspecified atom stereocenters. The van der Waals surface area contributed by atoms with Crippen molar-refractivity contribution in [1.29, 1.82) is 0 Å². The number of aliphatic hydroxyl groups is 8. The fraction of sp³-hybridized carbons (Fsp3) is 0.924. The van der Waals surface area contributed by atoms with Crippen LogP contribution in [0.2, 0.25) is 0 Å². The van der Waals surface area contributed by atoms with Crippen LogP contribution in [-0.2, 0) is 23.7 Å². The largest absolute Gasteiger partial charge is 0.394 e. The molecule has 2 rings (SSSR count). The molecule has 14 heteroatoms. The second kappa shape index (κ2) is 51.9.